The number of pyridine rings is 1. The lowest BCUT2D eigenvalue weighted by atomic mass is 9.76. The molecule has 3 N–H and O–H groups in total. The molecule has 1 aromatic heterocycles. The number of primary amides is 1. The molecule has 190 valence electrons. The highest BCUT2D eigenvalue weighted by Crippen LogP contribution is 2.55. The van der Waals surface area contributed by atoms with Crippen molar-refractivity contribution >= 4 is 17.5 Å². The molecule has 0 radical (unpaired) electrons. The van der Waals surface area contributed by atoms with Crippen molar-refractivity contribution in [3.05, 3.63) is 53.1 Å². The van der Waals surface area contributed by atoms with Gasteiger partial charge in [-0.2, -0.15) is 13.2 Å². The second-order valence-electron chi connectivity index (χ2n) is 8.13. The molecule has 4 atom stereocenters. The molecule has 0 aliphatic carbocycles. The maximum atomic E-state index is 14.8. The third-order valence-electron chi connectivity index (χ3n) is 6.16. The number of carbonyl (C=O) groups is 2. The first-order valence-corrected chi connectivity index (χ1v) is 10.2. The van der Waals surface area contributed by atoms with E-state index in [2.05, 4.69) is 10.3 Å². The molecule has 0 bridgehead atoms. The minimum absolute atomic E-state index is 0.0133. The molecule has 1 fully saturated rings. The minimum atomic E-state index is -4.94. The summed E-state index contributed by atoms with van der Waals surface area (Å²) in [5.74, 6) is -7.05. The number of nitrogens with one attached hydrogen (secondary N) is 1. The van der Waals surface area contributed by atoms with E-state index in [0.29, 0.717) is 0 Å². The van der Waals surface area contributed by atoms with Gasteiger partial charge in [0.1, 0.15) is 11.8 Å². The SMILES string of the molecule is COc1c([C@@H]2[C@@H](C(=O)Nc3ccnc(C(N)=O)c3)O[C@@](C)(C(F)(F)F)[C@H]2C)ccc(C(F)F)c1F. The van der Waals surface area contributed by atoms with Crippen LogP contribution in [0.4, 0.5) is 32.0 Å². The van der Waals surface area contributed by atoms with Crippen molar-refractivity contribution in [3.8, 4) is 5.75 Å². The topological polar surface area (TPSA) is 104 Å². The van der Waals surface area contributed by atoms with E-state index in [0.717, 1.165) is 45.4 Å². The molecule has 0 spiro atoms. The van der Waals surface area contributed by atoms with Crippen LogP contribution in [0.5, 0.6) is 5.75 Å². The third-order valence-corrected chi connectivity index (χ3v) is 6.16. The van der Waals surface area contributed by atoms with E-state index in [4.69, 9.17) is 15.2 Å². The lowest BCUT2D eigenvalue weighted by molar-refractivity contribution is -0.272. The molecule has 1 aromatic carbocycles. The zero-order valence-electron chi connectivity index (χ0n) is 18.6. The van der Waals surface area contributed by atoms with Crippen molar-refractivity contribution in [3.63, 3.8) is 0 Å². The van der Waals surface area contributed by atoms with E-state index in [9.17, 15) is 35.9 Å². The Bertz CT molecular complexity index is 1140. The number of benzene rings is 1. The summed E-state index contributed by atoms with van der Waals surface area (Å²) in [5, 5.41) is 2.34. The first kappa shape index (κ1) is 26.3. The maximum Gasteiger partial charge on any atom is 0.417 e. The first-order valence-electron chi connectivity index (χ1n) is 10.2. The van der Waals surface area contributed by atoms with Crippen LogP contribution in [-0.2, 0) is 9.53 Å². The standard InChI is InChI=1S/C22H21F6N3O4/c1-9-14(11-4-5-12(18(24)25)15(23)16(11)34-3)17(35-21(9,2)22(26,27)28)20(33)31-10-6-7-30-13(8-10)19(29)32/h4-9,14,17-18H,1-3H3,(H2,29,32)(H,30,31,33)/t9-,14+,17-,21+/m0/s1. The summed E-state index contributed by atoms with van der Waals surface area (Å²) in [6, 6.07) is 4.09. The van der Waals surface area contributed by atoms with Crippen LogP contribution in [-0.4, -0.2) is 41.8 Å². The zero-order valence-corrected chi connectivity index (χ0v) is 18.6. The van der Waals surface area contributed by atoms with E-state index in [1.54, 1.807) is 0 Å². The van der Waals surface area contributed by atoms with E-state index >= 15 is 0 Å². The van der Waals surface area contributed by atoms with E-state index < -0.39 is 65.1 Å². The molecule has 2 heterocycles. The van der Waals surface area contributed by atoms with Crippen molar-refractivity contribution in [2.24, 2.45) is 11.7 Å². The fourth-order valence-corrected chi connectivity index (χ4v) is 4.10. The van der Waals surface area contributed by atoms with Gasteiger partial charge in [-0.3, -0.25) is 14.6 Å². The minimum Gasteiger partial charge on any atom is -0.493 e. The summed E-state index contributed by atoms with van der Waals surface area (Å²) in [6.07, 6.45) is -8.84. The number of carbonyl (C=O) groups excluding carboxylic acids is 2. The predicted octanol–water partition coefficient (Wildman–Crippen LogP) is 4.34. The Balaban J connectivity index is 2.10. The number of anilines is 1. The summed E-state index contributed by atoms with van der Waals surface area (Å²) in [7, 11) is 0.970. The van der Waals surface area contributed by atoms with Crippen LogP contribution in [0.25, 0.3) is 0 Å². The maximum absolute atomic E-state index is 14.8. The third kappa shape index (κ3) is 4.64. The fourth-order valence-electron chi connectivity index (χ4n) is 4.10. The highest BCUT2D eigenvalue weighted by atomic mass is 19.4. The largest absolute Gasteiger partial charge is 0.493 e. The number of hydrogen-bond acceptors (Lipinski definition) is 5. The molecule has 1 saturated heterocycles. The van der Waals surface area contributed by atoms with Gasteiger partial charge in [0.25, 0.3) is 18.2 Å². The molecule has 3 rings (SSSR count). The van der Waals surface area contributed by atoms with Crippen LogP contribution >= 0.6 is 0 Å². The molecule has 1 aliphatic rings. The van der Waals surface area contributed by atoms with Gasteiger partial charge in [-0.05, 0) is 25.1 Å². The smallest absolute Gasteiger partial charge is 0.417 e. The number of ether oxygens (including phenoxy) is 2. The van der Waals surface area contributed by atoms with Crippen molar-refractivity contribution in [2.45, 2.75) is 44.1 Å². The van der Waals surface area contributed by atoms with E-state index in [1.807, 2.05) is 0 Å². The summed E-state index contributed by atoms with van der Waals surface area (Å²) >= 11 is 0. The van der Waals surface area contributed by atoms with Gasteiger partial charge in [0, 0.05) is 29.3 Å². The number of methoxy groups -OCH3 is 1. The van der Waals surface area contributed by atoms with Gasteiger partial charge in [-0.25, -0.2) is 13.2 Å². The Labute approximate surface area is 195 Å². The normalized spacial score (nSPS) is 24.5. The van der Waals surface area contributed by atoms with E-state index in [-0.39, 0.29) is 16.9 Å². The summed E-state index contributed by atoms with van der Waals surface area (Å²) in [5.41, 5.74) is 0.816. The number of aromatic nitrogens is 1. The number of hydrogen-bond donors (Lipinski definition) is 2. The Morgan fingerprint density at radius 1 is 1.26 bits per heavy atom. The average Bonchev–Trinajstić information content (AvgIpc) is 3.05. The van der Waals surface area contributed by atoms with Gasteiger partial charge in [0.05, 0.1) is 12.7 Å². The second-order valence-corrected chi connectivity index (χ2v) is 8.13. The summed E-state index contributed by atoms with van der Waals surface area (Å²) < 4.78 is 93.3. The molecule has 35 heavy (non-hydrogen) atoms. The number of halogens is 6. The number of alkyl halides is 5. The van der Waals surface area contributed by atoms with Crippen LogP contribution in [0.15, 0.2) is 30.5 Å². The predicted molar refractivity (Wildman–Crippen MR) is 111 cm³/mol. The van der Waals surface area contributed by atoms with Crippen molar-refractivity contribution in [1.29, 1.82) is 0 Å². The molecular formula is C22H21F6N3O4. The quantitative estimate of drug-likeness (QED) is 0.569. The fraction of sp³-hybridized carbons (Fsp3) is 0.409. The second kappa shape index (κ2) is 9.36. The van der Waals surface area contributed by atoms with Crippen molar-refractivity contribution in [1.82, 2.24) is 4.98 Å². The summed E-state index contributed by atoms with van der Waals surface area (Å²) in [4.78, 5) is 28.2. The van der Waals surface area contributed by atoms with Gasteiger partial charge in [0.2, 0.25) is 0 Å². The van der Waals surface area contributed by atoms with Gasteiger partial charge < -0.3 is 20.5 Å². The van der Waals surface area contributed by atoms with Gasteiger partial charge >= 0.3 is 6.18 Å². The van der Waals surface area contributed by atoms with Crippen molar-refractivity contribution in [2.75, 3.05) is 12.4 Å². The van der Waals surface area contributed by atoms with Gasteiger partial charge in [0.15, 0.2) is 17.2 Å². The molecule has 13 heteroatoms. The molecule has 2 aromatic rings. The van der Waals surface area contributed by atoms with Crippen LogP contribution in [0, 0.1) is 11.7 Å². The summed E-state index contributed by atoms with van der Waals surface area (Å²) in [6.45, 7) is 1.90. The van der Waals surface area contributed by atoms with Gasteiger partial charge in [-0.1, -0.05) is 13.0 Å². The Hall–Kier alpha value is -3.35. The molecule has 7 nitrogen and oxygen atoms in total. The zero-order chi connectivity index (χ0) is 26.3. The first-order chi connectivity index (χ1) is 16.2. The van der Waals surface area contributed by atoms with Crippen LogP contribution < -0.4 is 15.8 Å². The molecule has 1 aliphatic heterocycles. The average molecular weight is 505 g/mol. The lowest BCUT2D eigenvalue weighted by Crippen LogP contribution is -2.47. The molecule has 0 saturated carbocycles. The van der Waals surface area contributed by atoms with Crippen molar-refractivity contribution < 1.29 is 45.4 Å². The van der Waals surface area contributed by atoms with Crippen LogP contribution in [0.2, 0.25) is 0 Å². The number of nitrogens with two attached hydrogens (primary N) is 1. The van der Waals surface area contributed by atoms with E-state index in [1.165, 1.54) is 6.07 Å². The molecule has 0 unspecified atom stereocenters. The number of rotatable bonds is 6. The Kier molecular flexibility index (Phi) is 7.02. The molecule has 2 amide bonds. The Morgan fingerprint density at radius 3 is 2.46 bits per heavy atom. The number of amides is 2. The monoisotopic (exact) mass is 505 g/mol. The van der Waals surface area contributed by atoms with Crippen LogP contribution in [0.1, 0.15) is 47.8 Å². The highest BCUT2D eigenvalue weighted by molar-refractivity contribution is 5.97. The highest BCUT2D eigenvalue weighted by Gasteiger charge is 2.65. The van der Waals surface area contributed by atoms with Gasteiger partial charge in [-0.15, -0.1) is 0 Å². The molecular weight excluding hydrogens is 484 g/mol. The Morgan fingerprint density at radius 2 is 1.91 bits per heavy atom. The van der Waals surface area contributed by atoms with Crippen LogP contribution in [0.3, 0.4) is 0 Å². The lowest BCUT2D eigenvalue weighted by Gasteiger charge is -2.32. The number of nitrogens with zero attached hydrogens (tertiary/aromatic N) is 1.